The van der Waals surface area contributed by atoms with Crippen LogP contribution in [0.25, 0.3) is 0 Å². The van der Waals surface area contributed by atoms with Gasteiger partial charge in [0.1, 0.15) is 5.75 Å². The van der Waals surface area contributed by atoms with E-state index in [-0.39, 0.29) is 6.04 Å². The molecular formula is C18H24N2O. The van der Waals surface area contributed by atoms with Gasteiger partial charge >= 0.3 is 0 Å². The highest BCUT2D eigenvalue weighted by atomic mass is 16.5. The summed E-state index contributed by atoms with van der Waals surface area (Å²) in [7, 11) is 0. The van der Waals surface area contributed by atoms with Gasteiger partial charge in [0.15, 0.2) is 0 Å². The van der Waals surface area contributed by atoms with Crippen LogP contribution in [0, 0.1) is 0 Å². The second-order valence-electron chi connectivity index (χ2n) is 5.47. The fraction of sp³-hybridized carbons (Fsp3) is 0.389. The third-order valence-corrected chi connectivity index (χ3v) is 3.53. The van der Waals surface area contributed by atoms with Crippen molar-refractivity contribution in [3.05, 3.63) is 53.7 Å². The first kappa shape index (κ1) is 15.5. The molecule has 1 aromatic heterocycles. The first-order valence-corrected chi connectivity index (χ1v) is 7.58. The molecule has 0 fully saturated rings. The zero-order chi connectivity index (χ0) is 15.2. The molecule has 2 aromatic rings. The third kappa shape index (κ3) is 3.82. The van der Waals surface area contributed by atoms with Gasteiger partial charge in [0.25, 0.3) is 0 Å². The van der Waals surface area contributed by atoms with Gasteiger partial charge < -0.3 is 10.1 Å². The first-order chi connectivity index (χ1) is 10.1. The molecule has 0 radical (unpaired) electrons. The lowest BCUT2D eigenvalue weighted by molar-refractivity contribution is 0.437. The molecule has 0 amide bonds. The quantitative estimate of drug-likeness (QED) is 0.837. The predicted octanol–water partition coefficient (Wildman–Crippen LogP) is 4.67. The maximum atomic E-state index is 6.12. The predicted molar refractivity (Wildman–Crippen MR) is 86.9 cm³/mol. The number of pyridine rings is 1. The lowest BCUT2D eigenvalue weighted by Gasteiger charge is -2.18. The number of ether oxygens (including phenoxy) is 1. The van der Waals surface area contributed by atoms with Crippen LogP contribution in [0.15, 0.2) is 42.6 Å². The van der Waals surface area contributed by atoms with Gasteiger partial charge in [0, 0.05) is 17.8 Å². The van der Waals surface area contributed by atoms with Crippen molar-refractivity contribution < 1.29 is 4.74 Å². The summed E-state index contributed by atoms with van der Waals surface area (Å²) in [5.74, 6) is 1.98. The summed E-state index contributed by atoms with van der Waals surface area (Å²) < 4.78 is 6.12. The minimum Gasteiger partial charge on any atom is -0.438 e. The molecule has 2 rings (SSSR count). The van der Waals surface area contributed by atoms with Crippen LogP contribution in [0.2, 0.25) is 0 Å². The van der Waals surface area contributed by atoms with Gasteiger partial charge in [-0.3, -0.25) is 0 Å². The van der Waals surface area contributed by atoms with Crippen molar-refractivity contribution in [3.63, 3.8) is 0 Å². The third-order valence-electron chi connectivity index (χ3n) is 3.53. The molecule has 0 aliphatic rings. The summed E-state index contributed by atoms with van der Waals surface area (Å²) in [6, 6.07) is 12.4. The molecule has 0 spiro atoms. The summed E-state index contributed by atoms with van der Waals surface area (Å²) >= 11 is 0. The Labute approximate surface area is 127 Å². The van der Waals surface area contributed by atoms with E-state index in [1.807, 2.05) is 24.3 Å². The molecule has 3 heteroatoms. The second-order valence-corrected chi connectivity index (χ2v) is 5.47. The summed E-state index contributed by atoms with van der Waals surface area (Å²) in [5.41, 5.74) is 2.28. The standard InChI is InChI=1S/C18H24N2O/c1-5-19-14(4)16-10-8-12-20-18(16)21-17-11-7-6-9-15(17)13(2)3/h6-14,19H,5H2,1-4H3. The normalized spacial score (nSPS) is 12.4. The molecule has 0 aliphatic heterocycles. The Morgan fingerprint density at radius 2 is 1.76 bits per heavy atom. The monoisotopic (exact) mass is 284 g/mol. The average molecular weight is 284 g/mol. The van der Waals surface area contributed by atoms with Crippen LogP contribution < -0.4 is 10.1 Å². The Hall–Kier alpha value is -1.87. The molecule has 3 nitrogen and oxygen atoms in total. The molecule has 1 aromatic carbocycles. The van der Waals surface area contributed by atoms with E-state index in [1.165, 1.54) is 5.56 Å². The second kappa shape index (κ2) is 7.23. The van der Waals surface area contributed by atoms with E-state index in [4.69, 9.17) is 4.74 Å². The number of hydrogen-bond acceptors (Lipinski definition) is 3. The molecule has 112 valence electrons. The van der Waals surface area contributed by atoms with Crippen molar-refractivity contribution in [1.29, 1.82) is 0 Å². The number of nitrogens with zero attached hydrogens (tertiary/aromatic N) is 1. The zero-order valence-corrected chi connectivity index (χ0v) is 13.3. The Kier molecular flexibility index (Phi) is 5.34. The molecule has 0 saturated carbocycles. The summed E-state index contributed by atoms with van der Waals surface area (Å²) in [5, 5.41) is 3.41. The van der Waals surface area contributed by atoms with Crippen molar-refractivity contribution in [3.8, 4) is 11.6 Å². The van der Waals surface area contributed by atoms with Crippen LogP contribution in [0.4, 0.5) is 0 Å². The Morgan fingerprint density at radius 3 is 2.48 bits per heavy atom. The molecule has 21 heavy (non-hydrogen) atoms. The molecule has 1 heterocycles. The number of rotatable bonds is 6. The van der Waals surface area contributed by atoms with Gasteiger partial charge in [-0.25, -0.2) is 4.98 Å². The lowest BCUT2D eigenvalue weighted by atomic mass is 10.0. The van der Waals surface area contributed by atoms with E-state index in [0.717, 1.165) is 17.9 Å². The summed E-state index contributed by atoms with van der Waals surface area (Å²) in [6.45, 7) is 9.48. The van der Waals surface area contributed by atoms with Crippen LogP contribution in [-0.4, -0.2) is 11.5 Å². The van der Waals surface area contributed by atoms with Crippen molar-refractivity contribution in [1.82, 2.24) is 10.3 Å². The minimum atomic E-state index is 0.213. The highest BCUT2D eigenvalue weighted by Gasteiger charge is 2.14. The van der Waals surface area contributed by atoms with Gasteiger partial charge in [-0.15, -0.1) is 0 Å². The van der Waals surface area contributed by atoms with Gasteiger partial charge in [-0.2, -0.15) is 0 Å². The Bertz CT molecular complexity index is 581. The highest BCUT2D eigenvalue weighted by Crippen LogP contribution is 2.32. The fourth-order valence-corrected chi connectivity index (χ4v) is 2.39. The van der Waals surface area contributed by atoms with Crippen LogP contribution in [0.5, 0.6) is 11.6 Å². The summed E-state index contributed by atoms with van der Waals surface area (Å²) in [4.78, 5) is 4.42. The number of nitrogens with one attached hydrogen (secondary N) is 1. The van der Waals surface area contributed by atoms with Crippen molar-refractivity contribution in [2.75, 3.05) is 6.54 Å². The van der Waals surface area contributed by atoms with Crippen molar-refractivity contribution in [2.24, 2.45) is 0 Å². The molecule has 1 unspecified atom stereocenters. The van der Waals surface area contributed by atoms with Crippen molar-refractivity contribution in [2.45, 2.75) is 39.7 Å². The van der Waals surface area contributed by atoms with E-state index in [2.05, 4.69) is 50.1 Å². The number of hydrogen-bond donors (Lipinski definition) is 1. The van der Waals surface area contributed by atoms with Gasteiger partial charge in [0.05, 0.1) is 0 Å². The van der Waals surface area contributed by atoms with E-state index >= 15 is 0 Å². The molecule has 0 saturated heterocycles. The summed E-state index contributed by atoms with van der Waals surface area (Å²) in [6.07, 6.45) is 1.77. The van der Waals surface area contributed by atoms with E-state index in [9.17, 15) is 0 Å². The van der Waals surface area contributed by atoms with Crippen molar-refractivity contribution >= 4 is 0 Å². The molecule has 1 atom stereocenters. The van der Waals surface area contributed by atoms with Gasteiger partial charge in [0.2, 0.25) is 5.88 Å². The maximum absolute atomic E-state index is 6.12. The largest absolute Gasteiger partial charge is 0.438 e. The van der Waals surface area contributed by atoms with E-state index < -0.39 is 0 Å². The van der Waals surface area contributed by atoms with Crippen LogP contribution in [-0.2, 0) is 0 Å². The number of benzene rings is 1. The number of para-hydroxylation sites is 1. The zero-order valence-electron chi connectivity index (χ0n) is 13.3. The first-order valence-electron chi connectivity index (χ1n) is 7.58. The lowest BCUT2D eigenvalue weighted by Crippen LogP contribution is -2.18. The fourth-order valence-electron chi connectivity index (χ4n) is 2.39. The Morgan fingerprint density at radius 1 is 1.05 bits per heavy atom. The van der Waals surface area contributed by atoms with Gasteiger partial charge in [-0.05, 0) is 37.1 Å². The van der Waals surface area contributed by atoms with E-state index in [1.54, 1.807) is 6.20 Å². The Balaban J connectivity index is 2.32. The van der Waals surface area contributed by atoms with Gasteiger partial charge in [-0.1, -0.05) is 45.0 Å². The van der Waals surface area contributed by atoms with Crippen LogP contribution >= 0.6 is 0 Å². The highest BCUT2D eigenvalue weighted by molar-refractivity contribution is 5.40. The maximum Gasteiger partial charge on any atom is 0.223 e. The average Bonchev–Trinajstić information content (AvgIpc) is 2.48. The number of aromatic nitrogens is 1. The molecule has 0 aliphatic carbocycles. The molecular weight excluding hydrogens is 260 g/mol. The smallest absolute Gasteiger partial charge is 0.223 e. The topological polar surface area (TPSA) is 34.2 Å². The SMILES string of the molecule is CCNC(C)c1cccnc1Oc1ccccc1C(C)C. The molecule has 1 N–H and O–H groups in total. The molecule has 0 bridgehead atoms. The van der Waals surface area contributed by atoms with E-state index in [0.29, 0.717) is 11.8 Å². The van der Waals surface area contributed by atoms with Crippen LogP contribution in [0.1, 0.15) is 50.8 Å². The van der Waals surface area contributed by atoms with Crippen LogP contribution in [0.3, 0.4) is 0 Å². The minimum absolute atomic E-state index is 0.213.